The molecule has 6 heteroatoms. The third kappa shape index (κ3) is 4.12. The lowest BCUT2D eigenvalue weighted by molar-refractivity contribution is -0.125. The molecule has 0 radical (unpaired) electrons. The van der Waals surface area contributed by atoms with Gasteiger partial charge >= 0.3 is 0 Å². The molecule has 1 heterocycles. The van der Waals surface area contributed by atoms with Crippen LogP contribution in [-0.4, -0.2) is 22.8 Å². The van der Waals surface area contributed by atoms with E-state index in [-0.39, 0.29) is 12.5 Å². The summed E-state index contributed by atoms with van der Waals surface area (Å²) in [6, 6.07) is 4.47. The summed E-state index contributed by atoms with van der Waals surface area (Å²) in [7, 11) is 1.60. The van der Waals surface area contributed by atoms with Gasteiger partial charge in [0, 0.05) is 35.6 Å². The van der Waals surface area contributed by atoms with E-state index in [1.165, 1.54) is 34.4 Å². The van der Waals surface area contributed by atoms with Crippen molar-refractivity contribution in [2.75, 3.05) is 7.05 Å². The van der Waals surface area contributed by atoms with E-state index in [2.05, 4.69) is 4.98 Å². The van der Waals surface area contributed by atoms with Crippen molar-refractivity contribution < 1.29 is 9.18 Å². The fourth-order valence-corrected chi connectivity index (χ4v) is 2.54. The SMILES string of the molecule is Cc1nc(/C=C/C(=O)N(C)Cc2c(F)cccc2Cl)cs1. The Bertz CT molecular complexity index is 664. The average molecular weight is 325 g/mol. The Hall–Kier alpha value is -1.72. The summed E-state index contributed by atoms with van der Waals surface area (Å²) in [5, 5.41) is 3.12. The van der Waals surface area contributed by atoms with Crippen LogP contribution in [0.4, 0.5) is 4.39 Å². The van der Waals surface area contributed by atoms with E-state index in [1.54, 1.807) is 19.2 Å². The lowest BCUT2D eigenvalue weighted by Crippen LogP contribution is -2.24. The van der Waals surface area contributed by atoms with Gasteiger partial charge in [0.05, 0.1) is 10.7 Å². The number of rotatable bonds is 4. The van der Waals surface area contributed by atoms with E-state index in [9.17, 15) is 9.18 Å². The summed E-state index contributed by atoms with van der Waals surface area (Å²) in [4.78, 5) is 17.6. The number of halogens is 2. The molecule has 0 saturated heterocycles. The molecule has 0 saturated carbocycles. The van der Waals surface area contributed by atoms with Crippen molar-refractivity contribution in [1.29, 1.82) is 0 Å². The highest BCUT2D eigenvalue weighted by Gasteiger charge is 2.12. The predicted octanol–water partition coefficient (Wildman–Crippen LogP) is 3.92. The van der Waals surface area contributed by atoms with Crippen molar-refractivity contribution in [3.8, 4) is 0 Å². The summed E-state index contributed by atoms with van der Waals surface area (Å²) in [6.45, 7) is 2.01. The molecule has 0 N–H and O–H groups in total. The molecule has 0 unspecified atom stereocenters. The number of carbonyl (C=O) groups is 1. The minimum absolute atomic E-state index is 0.116. The molecule has 0 spiro atoms. The lowest BCUT2D eigenvalue weighted by atomic mass is 10.2. The molecule has 0 fully saturated rings. The van der Waals surface area contributed by atoms with Gasteiger partial charge in [-0.2, -0.15) is 0 Å². The standard InChI is InChI=1S/C15H14ClFN2OS/c1-10-18-11(9-21-10)6-7-15(20)19(2)8-12-13(16)4-3-5-14(12)17/h3-7,9H,8H2,1-2H3/b7-6+. The first-order chi connectivity index (χ1) is 9.97. The third-order valence-electron chi connectivity index (χ3n) is 2.87. The van der Waals surface area contributed by atoms with Crippen LogP contribution in [-0.2, 0) is 11.3 Å². The number of hydrogen-bond acceptors (Lipinski definition) is 3. The molecule has 1 amide bonds. The molecule has 21 heavy (non-hydrogen) atoms. The first-order valence-corrected chi connectivity index (χ1v) is 7.51. The van der Waals surface area contributed by atoms with Crippen molar-refractivity contribution in [2.45, 2.75) is 13.5 Å². The fraction of sp³-hybridized carbons (Fsp3) is 0.200. The van der Waals surface area contributed by atoms with Gasteiger partial charge in [-0.3, -0.25) is 4.79 Å². The fourth-order valence-electron chi connectivity index (χ4n) is 1.74. The maximum absolute atomic E-state index is 13.7. The van der Waals surface area contributed by atoms with Gasteiger partial charge in [0.2, 0.25) is 5.91 Å². The van der Waals surface area contributed by atoms with Crippen LogP contribution in [0.2, 0.25) is 5.02 Å². The minimum Gasteiger partial charge on any atom is -0.338 e. The number of nitrogens with zero attached hydrogens (tertiary/aromatic N) is 2. The van der Waals surface area contributed by atoms with Gasteiger partial charge in [-0.15, -0.1) is 11.3 Å². The van der Waals surface area contributed by atoms with Crippen molar-refractivity contribution in [2.24, 2.45) is 0 Å². The Morgan fingerprint density at radius 3 is 2.90 bits per heavy atom. The molecule has 0 aliphatic rings. The molecular formula is C15H14ClFN2OS. The van der Waals surface area contributed by atoms with Gasteiger partial charge in [0.1, 0.15) is 5.82 Å². The molecule has 3 nitrogen and oxygen atoms in total. The molecule has 0 aliphatic carbocycles. The Balaban J connectivity index is 2.04. The summed E-state index contributed by atoms with van der Waals surface area (Å²) in [5.74, 6) is -0.652. The number of benzene rings is 1. The number of aryl methyl sites for hydroxylation is 1. The van der Waals surface area contributed by atoms with Crippen LogP contribution in [0.25, 0.3) is 6.08 Å². The second kappa shape index (κ2) is 6.83. The van der Waals surface area contributed by atoms with Gasteiger partial charge in [0.25, 0.3) is 0 Å². The monoisotopic (exact) mass is 324 g/mol. The van der Waals surface area contributed by atoms with Crippen LogP contribution in [0.1, 0.15) is 16.3 Å². The molecule has 2 rings (SSSR count). The average Bonchev–Trinajstić information content (AvgIpc) is 2.86. The van der Waals surface area contributed by atoms with Crippen LogP contribution in [0, 0.1) is 12.7 Å². The van der Waals surface area contributed by atoms with E-state index in [0.717, 1.165) is 10.7 Å². The highest BCUT2D eigenvalue weighted by atomic mass is 35.5. The Morgan fingerprint density at radius 2 is 2.29 bits per heavy atom. The van der Waals surface area contributed by atoms with Crippen LogP contribution in [0.15, 0.2) is 29.7 Å². The van der Waals surface area contributed by atoms with Crippen LogP contribution < -0.4 is 0 Å². The minimum atomic E-state index is -0.416. The number of likely N-dealkylation sites (N-methyl/N-ethyl adjacent to an activating group) is 1. The molecule has 110 valence electrons. The largest absolute Gasteiger partial charge is 0.338 e. The van der Waals surface area contributed by atoms with Gasteiger partial charge in [-0.25, -0.2) is 9.37 Å². The smallest absolute Gasteiger partial charge is 0.246 e. The third-order valence-corrected chi connectivity index (χ3v) is 4.01. The van der Waals surface area contributed by atoms with Crippen molar-refractivity contribution >= 4 is 34.9 Å². The maximum Gasteiger partial charge on any atom is 0.246 e. The molecular weight excluding hydrogens is 311 g/mol. The normalized spacial score (nSPS) is 11.0. The lowest BCUT2D eigenvalue weighted by Gasteiger charge is -2.16. The molecule has 2 aromatic rings. The van der Waals surface area contributed by atoms with Crippen molar-refractivity contribution in [1.82, 2.24) is 9.88 Å². The first kappa shape index (κ1) is 15.7. The summed E-state index contributed by atoms with van der Waals surface area (Å²) >= 11 is 7.47. The van der Waals surface area contributed by atoms with E-state index in [1.807, 2.05) is 12.3 Å². The summed E-state index contributed by atoms with van der Waals surface area (Å²) < 4.78 is 13.7. The van der Waals surface area contributed by atoms with Gasteiger partial charge in [-0.05, 0) is 25.1 Å². The summed E-state index contributed by atoms with van der Waals surface area (Å²) in [6.07, 6.45) is 3.06. The molecule has 1 aromatic heterocycles. The number of amides is 1. The molecule has 0 atom stereocenters. The van der Waals surface area contributed by atoms with Crippen LogP contribution >= 0.6 is 22.9 Å². The van der Waals surface area contributed by atoms with Crippen molar-refractivity contribution in [3.63, 3.8) is 0 Å². The highest BCUT2D eigenvalue weighted by molar-refractivity contribution is 7.09. The highest BCUT2D eigenvalue weighted by Crippen LogP contribution is 2.20. The van der Waals surface area contributed by atoms with Crippen LogP contribution in [0.3, 0.4) is 0 Å². The predicted molar refractivity (Wildman–Crippen MR) is 83.8 cm³/mol. The zero-order valence-electron chi connectivity index (χ0n) is 11.6. The molecule has 1 aromatic carbocycles. The summed E-state index contributed by atoms with van der Waals surface area (Å²) in [5.41, 5.74) is 1.05. The second-order valence-electron chi connectivity index (χ2n) is 4.52. The number of thiazole rings is 1. The van der Waals surface area contributed by atoms with Gasteiger partial charge < -0.3 is 4.90 Å². The zero-order valence-corrected chi connectivity index (χ0v) is 13.2. The number of aromatic nitrogens is 1. The van der Waals surface area contributed by atoms with Crippen LogP contribution in [0.5, 0.6) is 0 Å². The number of carbonyl (C=O) groups excluding carboxylic acids is 1. The number of hydrogen-bond donors (Lipinski definition) is 0. The van der Waals surface area contributed by atoms with Gasteiger partial charge in [0.15, 0.2) is 0 Å². The van der Waals surface area contributed by atoms with Crippen molar-refractivity contribution in [3.05, 3.63) is 56.8 Å². The topological polar surface area (TPSA) is 33.2 Å². The molecule has 0 aliphatic heterocycles. The van der Waals surface area contributed by atoms with E-state index in [0.29, 0.717) is 10.6 Å². The van der Waals surface area contributed by atoms with E-state index >= 15 is 0 Å². The maximum atomic E-state index is 13.7. The first-order valence-electron chi connectivity index (χ1n) is 6.25. The Kier molecular flexibility index (Phi) is 5.09. The molecule has 0 bridgehead atoms. The van der Waals surface area contributed by atoms with E-state index in [4.69, 9.17) is 11.6 Å². The second-order valence-corrected chi connectivity index (χ2v) is 5.99. The zero-order chi connectivity index (χ0) is 15.4. The Morgan fingerprint density at radius 1 is 1.52 bits per heavy atom. The Labute approximate surface area is 131 Å². The van der Waals surface area contributed by atoms with E-state index < -0.39 is 5.82 Å². The quantitative estimate of drug-likeness (QED) is 0.799. The van der Waals surface area contributed by atoms with Gasteiger partial charge in [-0.1, -0.05) is 17.7 Å².